The molecule has 0 aliphatic heterocycles. The van der Waals surface area contributed by atoms with Gasteiger partial charge in [0.25, 0.3) is 0 Å². The van der Waals surface area contributed by atoms with Gasteiger partial charge in [0, 0.05) is 17.6 Å². The van der Waals surface area contributed by atoms with Gasteiger partial charge in [-0.2, -0.15) is 0 Å². The maximum atomic E-state index is 5.93. The van der Waals surface area contributed by atoms with Gasteiger partial charge in [-0.25, -0.2) is 0 Å². The predicted molar refractivity (Wildman–Crippen MR) is 83.3 cm³/mol. The summed E-state index contributed by atoms with van der Waals surface area (Å²) in [6.07, 6.45) is 10.6. The summed E-state index contributed by atoms with van der Waals surface area (Å²) in [5.41, 5.74) is 1.12. The Morgan fingerprint density at radius 2 is 2.00 bits per heavy atom. The summed E-state index contributed by atoms with van der Waals surface area (Å²) in [5, 5.41) is 0. The molecular formula is C18H24O2. The van der Waals surface area contributed by atoms with Crippen LogP contribution in [-0.4, -0.2) is 19.8 Å². The molecule has 2 rings (SSSR count). The third kappa shape index (κ3) is 3.31. The molecule has 1 aliphatic rings. The van der Waals surface area contributed by atoms with Crippen molar-refractivity contribution in [3.05, 3.63) is 54.1 Å². The van der Waals surface area contributed by atoms with Gasteiger partial charge in [-0.05, 0) is 25.8 Å². The number of benzene rings is 1. The fourth-order valence-electron chi connectivity index (χ4n) is 2.55. The molecule has 1 aliphatic carbocycles. The quantitative estimate of drug-likeness (QED) is 0.738. The van der Waals surface area contributed by atoms with E-state index in [9.17, 15) is 0 Å². The Labute approximate surface area is 122 Å². The van der Waals surface area contributed by atoms with Crippen LogP contribution in [0.15, 0.2) is 48.6 Å². The van der Waals surface area contributed by atoms with Crippen LogP contribution in [0.4, 0.5) is 0 Å². The molecule has 20 heavy (non-hydrogen) atoms. The first-order chi connectivity index (χ1) is 9.82. The molecule has 108 valence electrons. The third-order valence-electron chi connectivity index (χ3n) is 3.59. The van der Waals surface area contributed by atoms with Crippen LogP contribution in [0.3, 0.4) is 0 Å². The smallest absolute Gasteiger partial charge is 0.123 e. The summed E-state index contributed by atoms with van der Waals surface area (Å²) in [6, 6.07) is 8.33. The summed E-state index contributed by atoms with van der Waals surface area (Å²) in [5.74, 6) is 0.981. The van der Waals surface area contributed by atoms with Gasteiger partial charge in [0.2, 0.25) is 0 Å². The highest BCUT2D eigenvalue weighted by molar-refractivity contribution is 5.45. The van der Waals surface area contributed by atoms with Crippen LogP contribution < -0.4 is 4.74 Å². The number of hydrogen-bond acceptors (Lipinski definition) is 2. The van der Waals surface area contributed by atoms with E-state index in [-0.39, 0.29) is 5.41 Å². The standard InChI is InChI=1S/C18H24O2/c1-3-14-20-17-11-7-6-10-16(17)18(15-19-4-2)12-8-5-9-13-18/h5-12H,3-4,13-15H2,1-2H3. The molecule has 0 fully saturated rings. The molecule has 0 aromatic heterocycles. The average molecular weight is 272 g/mol. The molecule has 0 radical (unpaired) electrons. The summed E-state index contributed by atoms with van der Waals surface area (Å²) in [7, 11) is 0. The second-order valence-electron chi connectivity index (χ2n) is 5.13. The molecule has 1 aromatic rings. The van der Waals surface area contributed by atoms with Crippen LogP contribution in [0.1, 0.15) is 32.3 Å². The van der Waals surface area contributed by atoms with Crippen molar-refractivity contribution in [3.8, 4) is 5.75 Å². The van der Waals surface area contributed by atoms with E-state index in [0.717, 1.165) is 31.8 Å². The zero-order chi connectivity index (χ0) is 14.3. The van der Waals surface area contributed by atoms with E-state index in [1.54, 1.807) is 0 Å². The molecule has 0 bridgehead atoms. The van der Waals surface area contributed by atoms with Crippen LogP contribution in [0.5, 0.6) is 5.75 Å². The number of para-hydroxylation sites is 1. The van der Waals surface area contributed by atoms with E-state index in [2.05, 4.69) is 49.4 Å². The normalized spacial score (nSPS) is 21.1. The number of ether oxygens (including phenoxy) is 2. The van der Waals surface area contributed by atoms with E-state index in [1.807, 2.05) is 13.0 Å². The predicted octanol–water partition coefficient (Wildman–Crippen LogP) is 4.27. The van der Waals surface area contributed by atoms with Crippen LogP contribution >= 0.6 is 0 Å². The molecular weight excluding hydrogens is 248 g/mol. The van der Waals surface area contributed by atoms with Crippen molar-refractivity contribution in [2.75, 3.05) is 19.8 Å². The van der Waals surface area contributed by atoms with Gasteiger partial charge in [0.15, 0.2) is 0 Å². The SMILES string of the molecule is CCCOc1ccccc1C1(COCC)C=CC=CC1. The Hall–Kier alpha value is -1.54. The Morgan fingerprint density at radius 3 is 2.70 bits per heavy atom. The van der Waals surface area contributed by atoms with Crippen LogP contribution in [-0.2, 0) is 10.2 Å². The molecule has 1 unspecified atom stereocenters. The monoisotopic (exact) mass is 272 g/mol. The Balaban J connectivity index is 2.33. The number of rotatable bonds is 7. The van der Waals surface area contributed by atoms with Crippen molar-refractivity contribution < 1.29 is 9.47 Å². The van der Waals surface area contributed by atoms with Crippen molar-refractivity contribution >= 4 is 0 Å². The van der Waals surface area contributed by atoms with Gasteiger partial charge in [-0.3, -0.25) is 0 Å². The van der Waals surface area contributed by atoms with Gasteiger partial charge >= 0.3 is 0 Å². The molecule has 0 N–H and O–H groups in total. The molecule has 1 atom stereocenters. The molecule has 2 nitrogen and oxygen atoms in total. The Kier molecular flexibility index (Phi) is 5.42. The summed E-state index contributed by atoms with van der Waals surface area (Å²) in [6.45, 7) is 6.34. The zero-order valence-corrected chi connectivity index (χ0v) is 12.5. The Morgan fingerprint density at radius 1 is 1.15 bits per heavy atom. The number of hydrogen-bond donors (Lipinski definition) is 0. The maximum absolute atomic E-state index is 5.93. The summed E-state index contributed by atoms with van der Waals surface area (Å²) < 4.78 is 11.7. The lowest BCUT2D eigenvalue weighted by molar-refractivity contribution is 0.108. The fraction of sp³-hybridized carbons (Fsp3) is 0.444. The fourth-order valence-corrected chi connectivity index (χ4v) is 2.55. The minimum absolute atomic E-state index is 0.102. The molecule has 0 saturated heterocycles. The highest BCUT2D eigenvalue weighted by atomic mass is 16.5. The van der Waals surface area contributed by atoms with E-state index in [0.29, 0.717) is 6.61 Å². The first kappa shape index (κ1) is 14.9. The third-order valence-corrected chi connectivity index (χ3v) is 3.59. The van der Waals surface area contributed by atoms with Crippen LogP contribution in [0.25, 0.3) is 0 Å². The first-order valence-electron chi connectivity index (χ1n) is 7.47. The summed E-state index contributed by atoms with van der Waals surface area (Å²) in [4.78, 5) is 0. The van der Waals surface area contributed by atoms with Gasteiger partial charge < -0.3 is 9.47 Å². The highest BCUT2D eigenvalue weighted by Crippen LogP contribution is 2.38. The lowest BCUT2D eigenvalue weighted by Gasteiger charge is -2.33. The lowest BCUT2D eigenvalue weighted by Crippen LogP contribution is -2.31. The van der Waals surface area contributed by atoms with E-state index < -0.39 is 0 Å². The van der Waals surface area contributed by atoms with Crippen molar-refractivity contribution in [2.24, 2.45) is 0 Å². The van der Waals surface area contributed by atoms with Crippen molar-refractivity contribution in [2.45, 2.75) is 32.1 Å². The van der Waals surface area contributed by atoms with Crippen molar-refractivity contribution in [1.82, 2.24) is 0 Å². The molecule has 1 aromatic carbocycles. The maximum Gasteiger partial charge on any atom is 0.123 e. The lowest BCUT2D eigenvalue weighted by atomic mass is 9.75. The largest absolute Gasteiger partial charge is 0.493 e. The summed E-state index contributed by atoms with van der Waals surface area (Å²) >= 11 is 0. The van der Waals surface area contributed by atoms with Crippen molar-refractivity contribution in [1.29, 1.82) is 0 Å². The van der Waals surface area contributed by atoms with Gasteiger partial charge in [-0.1, -0.05) is 49.4 Å². The second kappa shape index (κ2) is 7.30. The minimum Gasteiger partial charge on any atom is -0.493 e. The molecule has 0 spiro atoms. The minimum atomic E-state index is -0.102. The van der Waals surface area contributed by atoms with E-state index >= 15 is 0 Å². The van der Waals surface area contributed by atoms with Crippen molar-refractivity contribution in [3.63, 3.8) is 0 Å². The average Bonchev–Trinajstić information content (AvgIpc) is 2.52. The first-order valence-corrected chi connectivity index (χ1v) is 7.47. The van der Waals surface area contributed by atoms with Gasteiger partial charge in [0.1, 0.15) is 5.75 Å². The zero-order valence-electron chi connectivity index (χ0n) is 12.5. The van der Waals surface area contributed by atoms with Gasteiger partial charge in [0.05, 0.1) is 13.2 Å². The van der Waals surface area contributed by atoms with Crippen LogP contribution in [0.2, 0.25) is 0 Å². The van der Waals surface area contributed by atoms with Crippen LogP contribution in [0, 0.1) is 0 Å². The topological polar surface area (TPSA) is 18.5 Å². The highest BCUT2D eigenvalue weighted by Gasteiger charge is 2.32. The van der Waals surface area contributed by atoms with E-state index in [1.165, 1.54) is 5.56 Å². The molecule has 0 heterocycles. The van der Waals surface area contributed by atoms with Gasteiger partial charge in [-0.15, -0.1) is 0 Å². The second-order valence-corrected chi connectivity index (χ2v) is 5.13. The molecule has 2 heteroatoms. The van der Waals surface area contributed by atoms with E-state index in [4.69, 9.17) is 9.47 Å². The Bertz CT molecular complexity index is 476. The number of allylic oxidation sites excluding steroid dienone is 3. The molecule has 0 amide bonds. The molecule has 0 saturated carbocycles.